The van der Waals surface area contributed by atoms with Gasteiger partial charge in [0.2, 0.25) is 0 Å². The van der Waals surface area contributed by atoms with E-state index in [1.165, 1.54) is 11.1 Å². The zero-order valence-corrected chi connectivity index (χ0v) is 12.1. The maximum atomic E-state index is 6.28. The number of anilines is 1. The van der Waals surface area contributed by atoms with Gasteiger partial charge in [-0.05, 0) is 49.6 Å². The summed E-state index contributed by atoms with van der Waals surface area (Å²) in [6, 6.07) is 10.5. The van der Waals surface area contributed by atoms with Crippen LogP contribution in [-0.2, 0) is 4.74 Å². The minimum atomic E-state index is -0.321. The number of benzene rings is 1. The number of fused-ring (bicyclic) bond motifs is 2. The lowest BCUT2D eigenvalue weighted by Gasteiger charge is -2.35. The number of rotatable bonds is 5. The van der Waals surface area contributed by atoms with E-state index in [1.54, 1.807) is 0 Å². The lowest BCUT2D eigenvalue weighted by atomic mass is 9.81. The average Bonchev–Trinajstić information content (AvgIpc) is 3.01. The minimum absolute atomic E-state index is 0.153. The molecule has 3 rings (SSSR count). The Labute approximate surface area is 120 Å². The van der Waals surface area contributed by atoms with Crippen molar-refractivity contribution in [2.24, 2.45) is 0 Å². The molecule has 1 aromatic carbocycles. The smallest absolute Gasteiger partial charge is 0.129 e. The topological polar surface area (TPSA) is 21.3 Å². The summed E-state index contributed by atoms with van der Waals surface area (Å²) in [5, 5.41) is 3.61. The molecule has 2 nitrogen and oxygen atoms in total. The molecule has 0 fully saturated rings. The SMILES string of the molecule is C=CC[C@@H](Nc1ccccc1)C12C=CC(O1)C(C)=C2C. The maximum Gasteiger partial charge on any atom is 0.129 e. The van der Waals surface area contributed by atoms with Crippen LogP contribution in [0.2, 0.25) is 0 Å². The van der Waals surface area contributed by atoms with Crippen molar-refractivity contribution in [1.82, 2.24) is 0 Å². The lowest BCUT2D eigenvalue weighted by Crippen LogP contribution is -2.45. The van der Waals surface area contributed by atoms with Gasteiger partial charge in [-0.1, -0.05) is 30.4 Å². The molecule has 2 bridgehead atoms. The predicted molar refractivity (Wildman–Crippen MR) is 83.8 cm³/mol. The molecule has 2 aliphatic heterocycles. The van der Waals surface area contributed by atoms with Gasteiger partial charge in [0.05, 0.1) is 12.1 Å². The van der Waals surface area contributed by atoms with Crippen LogP contribution in [0.3, 0.4) is 0 Å². The molecule has 1 N–H and O–H groups in total. The van der Waals surface area contributed by atoms with Crippen molar-refractivity contribution in [2.75, 3.05) is 5.32 Å². The van der Waals surface area contributed by atoms with Crippen LogP contribution in [0.4, 0.5) is 5.69 Å². The Bertz CT molecular complexity index is 572. The van der Waals surface area contributed by atoms with Gasteiger partial charge in [-0.15, -0.1) is 6.58 Å². The Morgan fingerprint density at radius 1 is 1.35 bits per heavy atom. The molecule has 2 unspecified atom stereocenters. The second kappa shape index (κ2) is 4.95. The summed E-state index contributed by atoms with van der Waals surface area (Å²) in [6.45, 7) is 8.25. The fourth-order valence-corrected chi connectivity index (χ4v) is 3.19. The molecule has 3 atom stereocenters. The van der Waals surface area contributed by atoms with Crippen LogP contribution in [0.1, 0.15) is 20.3 Å². The van der Waals surface area contributed by atoms with Gasteiger partial charge in [-0.3, -0.25) is 0 Å². The summed E-state index contributed by atoms with van der Waals surface area (Å²) >= 11 is 0. The van der Waals surface area contributed by atoms with Gasteiger partial charge in [0.15, 0.2) is 0 Å². The van der Waals surface area contributed by atoms with Crippen LogP contribution in [0.15, 0.2) is 66.3 Å². The Balaban J connectivity index is 1.92. The van der Waals surface area contributed by atoms with E-state index < -0.39 is 0 Å². The van der Waals surface area contributed by atoms with Gasteiger partial charge in [-0.2, -0.15) is 0 Å². The molecule has 1 aromatic rings. The molecule has 20 heavy (non-hydrogen) atoms. The molecule has 0 saturated carbocycles. The molecule has 2 aliphatic rings. The van der Waals surface area contributed by atoms with Crippen molar-refractivity contribution in [3.8, 4) is 0 Å². The fraction of sp³-hybridized carbons (Fsp3) is 0.333. The minimum Gasteiger partial charge on any atom is -0.378 e. The largest absolute Gasteiger partial charge is 0.378 e. The van der Waals surface area contributed by atoms with Gasteiger partial charge >= 0.3 is 0 Å². The molecule has 0 aliphatic carbocycles. The number of para-hydroxylation sites is 1. The summed E-state index contributed by atoms with van der Waals surface area (Å²) in [6.07, 6.45) is 7.35. The van der Waals surface area contributed by atoms with E-state index in [1.807, 2.05) is 24.3 Å². The Morgan fingerprint density at radius 2 is 2.10 bits per heavy atom. The third kappa shape index (κ3) is 1.92. The highest BCUT2D eigenvalue weighted by Crippen LogP contribution is 2.46. The third-order valence-electron chi connectivity index (χ3n) is 4.48. The Hall–Kier alpha value is -1.80. The zero-order chi connectivity index (χ0) is 14.2. The van der Waals surface area contributed by atoms with Gasteiger partial charge in [0.25, 0.3) is 0 Å². The first kappa shape index (κ1) is 13.2. The molecule has 0 amide bonds. The molecule has 0 spiro atoms. The maximum absolute atomic E-state index is 6.28. The molecule has 2 heterocycles. The Morgan fingerprint density at radius 3 is 2.70 bits per heavy atom. The Kier molecular flexibility index (Phi) is 3.27. The van der Waals surface area contributed by atoms with Crippen LogP contribution >= 0.6 is 0 Å². The van der Waals surface area contributed by atoms with E-state index in [-0.39, 0.29) is 17.7 Å². The summed E-state index contributed by atoms with van der Waals surface area (Å²) in [4.78, 5) is 0. The lowest BCUT2D eigenvalue weighted by molar-refractivity contribution is 0.0284. The van der Waals surface area contributed by atoms with Gasteiger partial charge in [0, 0.05) is 5.69 Å². The monoisotopic (exact) mass is 267 g/mol. The molecular formula is C18H21NO. The van der Waals surface area contributed by atoms with Crippen LogP contribution in [-0.4, -0.2) is 17.7 Å². The summed E-state index contributed by atoms with van der Waals surface area (Å²) in [5.74, 6) is 0. The first-order chi connectivity index (χ1) is 9.67. The fourth-order valence-electron chi connectivity index (χ4n) is 3.19. The van der Waals surface area contributed by atoms with E-state index in [4.69, 9.17) is 4.74 Å². The quantitative estimate of drug-likeness (QED) is 0.811. The number of hydrogen-bond acceptors (Lipinski definition) is 2. The first-order valence-corrected chi connectivity index (χ1v) is 7.15. The van der Waals surface area contributed by atoms with Gasteiger partial charge < -0.3 is 10.1 Å². The third-order valence-corrected chi connectivity index (χ3v) is 4.48. The average molecular weight is 267 g/mol. The van der Waals surface area contributed by atoms with Crippen molar-refractivity contribution in [3.05, 3.63) is 66.3 Å². The van der Waals surface area contributed by atoms with E-state index >= 15 is 0 Å². The highest BCUT2D eigenvalue weighted by Gasteiger charge is 2.50. The molecular weight excluding hydrogens is 246 g/mol. The number of hydrogen-bond donors (Lipinski definition) is 1. The van der Waals surface area contributed by atoms with Gasteiger partial charge in [0.1, 0.15) is 5.60 Å². The summed E-state index contributed by atoms with van der Waals surface area (Å²) < 4.78 is 6.28. The summed E-state index contributed by atoms with van der Waals surface area (Å²) in [5.41, 5.74) is 3.47. The second-order valence-corrected chi connectivity index (χ2v) is 5.59. The highest BCUT2D eigenvalue weighted by atomic mass is 16.5. The van der Waals surface area contributed by atoms with E-state index in [9.17, 15) is 0 Å². The van der Waals surface area contributed by atoms with Gasteiger partial charge in [-0.25, -0.2) is 0 Å². The highest BCUT2D eigenvalue weighted by molar-refractivity contribution is 5.51. The standard InChI is InChI=1S/C18H21NO/c1-4-8-17(19-15-9-6-5-7-10-15)18-12-11-16(20-18)13(2)14(18)3/h4-7,9-12,16-17,19H,1,8H2,2-3H3/t16?,17-,18?/m1/s1. The molecule has 0 aromatic heterocycles. The second-order valence-electron chi connectivity index (χ2n) is 5.59. The molecule has 0 radical (unpaired) electrons. The van der Waals surface area contributed by atoms with Crippen LogP contribution < -0.4 is 5.32 Å². The van der Waals surface area contributed by atoms with E-state index in [2.05, 4.69) is 50.0 Å². The van der Waals surface area contributed by atoms with Crippen molar-refractivity contribution in [3.63, 3.8) is 0 Å². The van der Waals surface area contributed by atoms with Crippen molar-refractivity contribution < 1.29 is 4.74 Å². The summed E-state index contributed by atoms with van der Waals surface area (Å²) in [7, 11) is 0. The van der Waals surface area contributed by atoms with Crippen molar-refractivity contribution in [2.45, 2.75) is 38.0 Å². The van der Waals surface area contributed by atoms with Crippen molar-refractivity contribution in [1.29, 1.82) is 0 Å². The number of ether oxygens (including phenoxy) is 1. The van der Waals surface area contributed by atoms with E-state index in [0.717, 1.165) is 12.1 Å². The molecule has 104 valence electrons. The first-order valence-electron chi connectivity index (χ1n) is 7.15. The van der Waals surface area contributed by atoms with E-state index in [0.29, 0.717) is 0 Å². The number of nitrogens with one attached hydrogen (secondary N) is 1. The van der Waals surface area contributed by atoms with Crippen molar-refractivity contribution >= 4 is 5.69 Å². The molecule has 2 heteroatoms. The normalized spacial score (nSPS) is 28.8. The zero-order valence-electron chi connectivity index (χ0n) is 12.1. The van der Waals surface area contributed by atoms with Crippen LogP contribution in [0.5, 0.6) is 0 Å². The van der Waals surface area contributed by atoms with Crippen LogP contribution in [0.25, 0.3) is 0 Å². The predicted octanol–water partition coefficient (Wildman–Crippen LogP) is 4.09. The van der Waals surface area contributed by atoms with Crippen LogP contribution in [0, 0.1) is 0 Å². The molecule has 0 saturated heterocycles.